The highest BCUT2D eigenvalue weighted by molar-refractivity contribution is 8.00. The fourth-order valence-electron chi connectivity index (χ4n) is 1.10. The Balaban J connectivity index is 3.13. The van der Waals surface area contributed by atoms with E-state index in [1.807, 2.05) is 18.2 Å². The van der Waals surface area contributed by atoms with Crippen molar-refractivity contribution in [3.8, 4) is 0 Å². The first-order chi connectivity index (χ1) is 6.94. The van der Waals surface area contributed by atoms with Crippen molar-refractivity contribution in [1.29, 1.82) is 0 Å². The third kappa shape index (κ3) is 3.76. The molecule has 1 aromatic carbocycles. The van der Waals surface area contributed by atoms with E-state index in [1.54, 1.807) is 11.8 Å². The molecule has 0 aliphatic rings. The van der Waals surface area contributed by atoms with E-state index in [4.69, 9.17) is 16.8 Å². The van der Waals surface area contributed by atoms with Crippen LogP contribution in [0, 0.1) is 0 Å². The molecule has 15 heavy (non-hydrogen) atoms. The lowest BCUT2D eigenvalue weighted by Crippen LogP contribution is -2.07. The first-order valence-corrected chi connectivity index (χ1v) is 5.78. The van der Waals surface area contributed by atoms with Gasteiger partial charge in [-0.1, -0.05) is 49.7 Å². The number of benzene rings is 1. The van der Waals surface area contributed by atoms with Gasteiger partial charge in [0.15, 0.2) is 0 Å². The summed E-state index contributed by atoms with van der Waals surface area (Å²) in [6.45, 7) is 6.34. The van der Waals surface area contributed by atoms with E-state index in [0.717, 1.165) is 10.5 Å². The van der Waals surface area contributed by atoms with Gasteiger partial charge in [-0.15, -0.1) is 11.8 Å². The fourth-order valence-corrected chi connectivity index (χ4v) is 2.42. The van der Waals surface area contributed by atoms with E-state index in [1.165, 1.54) is 6.21 Å². The number of thioether (sulfide) groups is 1. The first kappa shape index (κ1) is 12.4. The zero-order valence-corrected chi connectivity index (χ0v) is 10.6. The molecular formula is C11H14ClNOS. The summed E-state index contributed by atoms with van der Waals surface area (Å²) in [6, 6.07) is 5.55. The molecule has 82 valence electrons. The standard InChI is InChI=1S/C11H14ClNOS/c1-11(2,3)15-10-8(7-13-14)5-4-6-9(10)12/h4-7,14H,1-3H3/b13-7+. The summed E-state index contributed by atoms with van der Waals surface area (Å²) in [5.74, 6) is 0. The summed E-state index contributed by atoms with van der Waals surface area (Å²) >= 11 is 7.77. The largest absolute Gasteiger partial charge is 0.411 e. The van der Waals surface area contributed by atoms with Crippen molar-refractivity contribution in [3.63, 3.8) is 0 Å². The zero-order chi connectivity index (χ0) is 11.5. The molecule has 0 aliphatic heterocycles. The van der Waals surface area contributed by atoms with Gasteiger partial charge in [0.2, 0.25) is 0 Å². The lowest BCUT2D eigenvalue weighted by molar-refractivity contribution is 0.322. The van der Waals surface area contributed by atoms with Crippen molar-refractivity contribution in [2.24, 2.45) is 5.16 Å². The lowest BCUT2D eigenvalue weighted by atomic mass is 10.2. The Morgan fingerprint density at radius 1 is 1.40 bits per heavy atom. The molecule has 2 nitrogen and oxygen atoms in total. The van der Waals surface area contributed by atoms with Gasteiger partial charge >= 0.3 is 0 Å². The van der Waals surface area contributed by atoms with Crippen LogP contribution in [0.2, 0.25) is 5.02 Å². The van der Waals surface area contributed by atoms with Gasteiger partial charge in [0.05, 0.1) is 11.2 Å². The van der Waals surface area contributed by atoms with Gasteiger partial charge in [0.25, 0.3) is 0 Å². The molecule has 1 N–H and O–H groups in total. The quantitative estimate of drug-likeness (QED) is 0.368. The third-order valence-electron chi connectivity index (χ3n) is 1.60. The van der Waals surface area contributed by atoms with Crippen LogP contribution in [0.1, 0.15) is 26.3 Å². The molecule has 0 fully saturated rings. The van der Waals surface area contributed by atoms with Crippen molar-refractivity contribution in [2.75, 3.05) is 0 Å². The second-order valence-electron chi connectivity index (χ2n) is 4.12. The maximum absolute atomic E-state index is 8.55. The number of halogens is 1. The predicted molar refractivity (Wildman–Crippen MR) is 66.4 cm³/mol. The molecule has 0 heterocycles. The second-order valence-corrected chi connectivity index (χ2v) is 6.36. The van der Waals surface area contributed by atoms with Crippen LogP contribution in [-0.4, -0.2) is 16.2 Å². The third-order valence-corrected chi connectivity index (χ3v) is 3.30. The highest BCUT2D eigenvalue weighted by Gasteiger charge is 2.16. The number of rotatable bonds is 2. The van der Waals surface area contributed by atoms with Gasteiger partial charge in [-0.2, -0.15) is 0 Å². The summed E-state index contributed by atoms with van der Waals surface area (Å²) < 4.78 is 0.0725. The van der Waals surface area contributed by atoms with Gasteiger partial charge in [0, 0.05) is 15.2 Å². The topological polar surface area (TPSA) is 32.6 Å². The van der Waals surface area contributed by atoms with Crippen LogP contribution < -0.4 is 0 Å². The van der Waals surface area contributed by atoms with Crippen molar-refractivity contribution < 1.29 is 5.21 Å². The summed E-state index contributed by atoms with van der Waals surface area (Å²) in [5, 5.41) is 12.3. The molecule has 0 saturated heterocycles. The highest BCUT2D eigenvalue weighted by Crippen LogP contribution is 2.38. The van der Waals surface area contributed by atoms with Gasteiger partial charge in [0.1, 0.15) is 0 Å². The van der Waals surface area contributed by atoms with Crippen LogP contribution in [-0.2, 0) is 0 Å². The van der Waals surface area contributed by atoms with Crippen molar-refractivity contribution in [2.45, 2.75) is 30.4 Å². The maximum Gasteiger partial charge on any atom is 0.0745 e. The Hall–Kier alpha value is -0.670. The minimum Gasteiger partial charge on any atom is -0.411 e. The number of nitrogens with zero attached hydrogens (tertiary/aromatic N) is 1. The predicted octanol–water partition coefficient (Wildman–Crippen LogP) is 4.04. The average molecular weight is 244 g/mol. The van der Waals surface area contributed by atoms with Crippen molar-refractivity contribution in [1.82, 2.24) is 0 Å². The molecule has 0 aromatic heterocycles. The first-order valence-electron chi connectivity index (χ1n) is 4.59. The van der Waals surface area contributed by atoms with Gasteiger partial charge in [-0.3, -0.25) is 0 Å². The van der Waals surface area contributed by atoms with Crippen LogP contribution in [0.15, 0.2) is 28.3 Å². The maximum atomic E-state index is 8.55. The SMILES string of the molecule is CC(C)(C)Sc1c(Cl)cccc1/C=N/O. The van der Waals surface area contributed by atoms with E-state index in [9.17, 15) is 0 Å². The Bertz CT molecular complexity index is 371. The molecule has 0 aliphatic carbocycles. The smallest absolute Gasteiger partial charge is 0.0745 e. The molecule has 0 atom stereocenters. The summed E-state index contributed by atoms with van der Waals surface area (Å²) in [6.07, 6.45) is 1.40. The molecule has 0 radical (unpaired) electrons. The number of hydrogen-bond acceptors (Lipinski definition) is 3. The average Bonchev–Trinajstić information content (AvgIpc) is 2.10. The number of hydrogen-bond donors (Lipinski definition) is 1. The molecule has 0 amide bonds. The summed E-state index contributed by atoms with van der Waals surface area (Å²) in [5.41, 5.74) is 0.838. The van der Waals surface area contributed by atoms with E-state index in [2.05, 4.69) is 25.9 Å². The Morgan fingerprint density at radius 3 is 2.60 bits per heavy atom. The zero-order valence-electron chi connectivity index (χ0n) is 8.99. The Kier molecular flexibility index (Phi) is 4.05. The van der Waals surface area contributed by atoms with Crippen LogP contribution >= 0.6 is 23.4 Å². The van der Waals surface area contributed by atoms with Crippen LogP contribution in [0.25, 0.3) is 0 Å². The van der Waals surface area contributed by atoms with E-state index >= 15 is 0 Å². The van der Waals surface area contributed by atoms with Crippen LogP contribution in [0.4, 0.5) is 0 Å². The molecule has 1 aromatic rings. The normalized spacial score (nSPS) is 12.3. The van der Waals surface area contributed by atoms with Crippen molar-refractivity contribution >= 4 is 29.6 Å². The minimum absolute atomic E-state index is 0.0725. The monoisotopic (exact) mass is 243 g/mol. The van der Waals surface area contributed by atoms with E-state index in [-0.39, 0.29) is 4.75 Å². The minimum atomic E-state index is 0.0725. The molecule has 0 saturated carbocycles. The number of oxime groups is 1. The van der Waals surface area contributed by atoms with Crippen molar-refractivity contribution in [3.05, 3.63) is 28.8 Å². The Labute approximate surface area is 99.3 Å². The van der Waals surface area contributed by atoms with Crippen LogP contribution in [0.3, 0.4) is 0 Å². The molecule has 0 spiro atoms. The molecular weight excluding hydrogens is 230 g/mol. The molecule has 1 rings (SSSR count). The molecule has 0 bridgehead atoms. The van der Waals surface area contributed by atoms with Gasteiger partial charge in [-0.05, 0) is 6.07 Å². The van der Waals surface area contributed by atoms with E-state index in [0.29, 0.717) is 5.02 Å². The van der Waals surface area contributed by atoms with Crippen LogP contribution in [0.5, 0.6) is 0 Å². The lowest BCUT2D eigenvalue weighted by Gasteiger charge is -2.19. The summed E-state index contributed by atoms with van der Waals surface area (Å²) in [4.78, 5) is 0.949. The molecule has 4 heteroatoms. The van der Waals surface area contributed by atoms with Gasteiger partial charge in [-0.25, -0.2) is 0 Å². The fraction of sp³-hybridized carbons (Fsp3) is 0.364. The highest BCUT2D eigenvalue weighted by atomic mass is 35.5. The second kappa shape index (κ2) is 4.90. The van der Waals surface area contributed by atoms with Gasteiger partial charge < -0.3 is 5.21 Å². The van der Waals surface area contributed by atoms with E-state index < -0.39 is 0 Å². The molecule has 0 unspecified atom stereocenters. The summed E-state index contributed by atoms with van der Waals surface area (Å²) in [7, 11) is 0. The Morgan fingerprint density at radius 2 is 2.07 bits per heavy atom.